The van der Waals surface area contributed by atoms with Crippen LogP contribution in [0.3, 0.4) is 0 Å². The maximum absolute atomic E-state index is 12.9. The standard InChI is InChI=1S/C21H28N2O3S/c1-6-7-17(5)22-21(24)18-10-8-15(3)20(13-18)27(25,26)23-19-11-9-14(2)16(4)12-19/h8-13,17,23H,6-7H2,1-5H3,(H,22,24)/t17-/m0/s1. The first-order valence-electron chi connectivity index (χ1n) is 9.15. The van der Waals surface area contributed by atoms with Crippen molar-refractivity contribution in [3.8, 4) is 0 Å². The first-order valence-corrected chi connectivity index (χ1v) is 10.6. The summed E-state index contributed by atoms with van der Waals surface area (Å²) in [5.74, 6) is -0.265. The second-order valence-corrected chi connectivity index (χ2v) is 8.70. The molecule has 0 fully saturated rings. The molecule has 0 aliphatic rings. The Labute approximate surface area is 162 Å². The van der Waals surface area contributed by atoms with E-state index in [1.54, 1.807) is 31.2 Å². The summed E-state index contributed by atoms with van der Waals surface area (Å²) >= 11 is 0. The van der Waals surface area contributed by atoms with Gasteiger partial charge in [-0.15, -0.1) is 0 Å². The van der Waals surface area contributed by atoms with E-state index in [0.717, 1.165) is 24.0 Å². The molecule has 0 saturated heterocycles. The molecule has 2 rings (SSSR count). The van der Waals surface area contributed by atoms with Gasteiger partial charge in [0.05, 0.1) is 4.90 Å². The molecule has 2 aromatic rings. The lowest BCUT2D eigenvalue weighted by Gasteiger charge is -2.15. The van der Waals surface area contributed by atoms with Gasteiger partial charge in [0.25, 0.3) is 15.9 Å². The number of carbonyl (C=O) groups is 1. The van der Waals surface area contributed by atoms with Crippen LogP contribution in [0.5, 0.6) is 0 Å². The minimum absolute atomic E-state index is 0.0394. The fraction of sp³-hybridized carbons (Fsp3) is 0.381. The number of hydrogen-bond donors (Lipinski definition) is 2. The van der Waals surface area contributed by atoms with Gasteiger partial charge in [-0.2, -0.15) is 0 Å². The summed E-state index contributed by atoms with van der Waals surface area (Å²) < 4.78 is 28.4. The van der Waals surface area contributed by atoms with Crippen LogP contribution in [0.15, 0.2) is 41.3 Å². The number of aryl methyl sites for hydroxylation is 3. The summed E-state index contributed by atoms with van der Waals surface area (Å²) in [6.45, 7) is 9.61. The van der Waals surface area contributed by atoms with Gasteiger partial charge in [-0.3, -0.25) is 9.52 Å². The van der Waals surface area contributed by atoms with Gasteiger partial charge >= 0.3 is 0 Å². The lowest BCUT2D eigenvalue weighted by atomic mass is 10.1. The number of amides is 1. The van der Waals surface area contributed by atoms with Crippen molar-refractivity contribution in [2.24, 2.45) is 0 Å². The quantitative estimate of drug-likeness (QED) is 0.741. The van der Waals surface area contributed by atoms with Crippen molar-refractivity contribution in [1.29, 1.82) is 0 Å². The third-order valence-electron chi connectivity index (χ3n) is 4.60. The van der Waals surface area contributed by atoms with Gasteiger partial charge in [0.2, 0.25) is 0 Å². The third kappa shape index (κ3) is 5.32. The molecule has 2 aromatic carbocycles. The first-order chi connectivity index (χ1) is 12.6. The van der Waals surface area contributed by atoms with Crippen LogP contribution in [0.1, 0.15) is 53.7 Å². The molecule has 2 N–H and O–H groups in total. The summed E-state index contributed by atoms with van der Waals surface area (Å²) in [6, 6.07) is 10.2. The van der Waals surface area contributed by atoms with Gasteiger partial charge in [0.15, 0.2) is 0 Å². The van der Waals surface area contributed by atoms with Gasteiger partial charge in [-0.1, -0.05) is 25.5 Å². The lowest BCUT2D eigenvalue weighted by molar-refractivity contribution is 0.0938. The Morgan fingerprint density at radius 3 is 2.30 bits per heavy atom. The molecule has 0 bridgehead atoms. The van der Waals surface area contributed by atoms with Crippen LogP contribution in [0.2, 0.25) is 0 Å². The molecule has 0 aliphatic carbocycles. The summed E-state index contributed by atoms with van der Waals surface area (Å²) in [5.41, 5.74) is 3.52. The van der Waals surface area contributed by atoms with Crippen molar-refractivity contribution in [3.05, 3.63) is 58.7 Å². The number of benzene rings is 2. The van der Waals surface area contributed by atoms with E-state index >= 15 is 0 Å². The smallest absolute Gasteiger partial charge is 0.262 e. The predicted octanol–water partition coefficient (Wildman–Crippen LogP) is 4.33. The molecule has 0 unspecified atom stereocenters. The zero-order chi connectivity index (χ0) is 20.2. The third-order valence-corrected chi connectivity index (χ3v) is 6.12. The summed E-state index contributed by atoms with van der Waals surface area (Å²) in [5, 5.41) is 2.90. The average molecular weight is 389 g/mol. The van der Waals surface area contributed by atoms with E-state index in [4.69, 9.17) is 0 Å². The maximum Gasteiger partial charge on any atom is 0.262 e. The highest BCUT2D eigenvalue weighted by molar-refractivity contribution is 7.92. The van der Waals surface area contributed by atoms with Crippen molar-refractivity contribution < 1.29 is 13.2 Å². The van der Waals surface area contributed by atoms with Gasteiger partial charge in [0, 0.05) is 17.3 Å². The number of hydrogen-bond acceptors (Lipinski definition) is 3. The van der Waals surface area contributed by atoms with Crippen LogP contribution >= 0.6 is 0 Å². The zero-order valence-corrected chi connectivity index (χ0v) is 17.4. The number of rotatable bonds is 7. The average Bonchev–Trinajstić information content (AvgIpc) is 2.58. The summed E-state index contributed by atoms with van der Waals surface area (Å²) in [4.78, 5) is 12.5. The molecular formula is C21H28N2O3S. The van der Waals surface area contributed by atoms with Crippen LogP contribution in [0, 0.1) is 20.8 Å². The van der Waals surface area contributed by atoms with Crippen molar-refractivity contribution in [1.82, 2.24) is 5.32 Å². The fourth-order valence-corrected chi connectivity index (χ4v) is 4.18. The minimum Gasteiger partial charge on any atom is -0.350 e. The van der Waals surface area contributed by atoms with E-state index in [1.165, 1.54) is 6.07 Å². The topological polar surface area (TPSA) is 75.3 Å². The second kappa shape index (κ2) is 8.57. The highest BCUT2D eigenvalue weighted by Crippen LogP contribution is 2.22. The van der Waals surface area contributed by atoms with Gasteiger partial charge in [-0.05, 0) is 75.1 Å². The van der Waals surface area contributed by atoms with Gasteiger partial charge < -0.3 is 5.32 Å². The van der Waals surface area contributed by atoms with Crippen LogP contribution in [-0.4, -0.2) is 20.4 Å². The van der Waals surface area contributed by atoms with Crippen molar-refractivity contribution >= 4 is 21.6 Å². The van der Waals surface area contributed by atoms with Crippen molar-refractivity contribution in [2.75, 3.05) is 4.72 Å². The predicted molar refractivity (Wildman–Crippen MR) is 110 cm³/mol. The lowest BCUT2D eigenvalue weighted by Crippen LogP contribution is -2.32. The van der Waals surface area contributed by atoms with Crippen LogP contribution in [0.4, 0.5) is 5.69 Å². The minimum atomic E-state index is -3.80. The highest BCUT2D eigenvalue weighted by atomic mass is 32.2. The van der Waals surface area contributed by atoms with E-state index in [9.17, 15) is 13.2 Å². The molecule has 0 aliphatic heterocycles. The molecule has 0 saturated carbocycles. The van der Waals surface area contributed by atoms with Gasteiger partial charge in [-0.25, -0.2) is 8.42 Å². The van der Waals surface area contributed by atoms with E-state index in [2.05, 4.69) is 17.0 Å². The summed E-state index contributed by atoms with van der Waals surface area (Å²) in [7, 11) is -3.80. The van der Waals surface area contributed by atoms with Crippen molar-refractivity contribution in [2.45, 2.75) is 58.4 Å². The molecule has 0 radical (unpaired) electrons. The monoisotopic (exact) mass is 388 g/mol. The van der Waals surface area contributed by atoms with Crippen LogP contribution in [0.25, 0.3) is 0 Å². The number of sulfonamides is 1. The molecule has 6 heteroatoms. The number of nitrogens with one attached hydrogen (secondary N) is 2. The number of carbonyl (C=O) groups excluding carboxylic acids is 1. The first kappa shape index (κ1) is 21.0. The van der Waals surface area contributed by atoms with E-state index in [0.29, 0.717) is 16.8 Å². The van der Waals surface area contributed by atoms with E-state index < -0.39 is 10.0 Å². The summed E-state index contributed by atoms with van der Waals surface area (Å²) in [6.07, 6.45) is 1.84. The fourth-order valence-electron chi connectivity index (χ4n) is 2.86. The molecule has 1 amide bonds. The molecule has 0 spiro atoms. The van der Waals surface area contributed by atoms with E-state index in [1.807, 2.05) is 26.8 Å². The normalized spacial score (nSPS) is 12.5. The maximum atomic E-state index is 12.9. The second-order valence-electron chi connectivity index (χ2n) is 7.05. The Bertz CT molecular complexity index is 936. The molecule has 5 nitrogen and oxygen atoms in total. The Morgan fingerprint density at radius 1 is 1.00 bits per heavy atom. The molecular weight excluding hydrogens is 360 g/mol. The Hall–Kier alpha value is -2.34. The van der Waals surface area contributed by atoms with Crippen LogP contribution < -0.4 is 10.0 Å². The zero-order valence-electron chi connectivity index (χ0n) is 16.6. The largest absolute Gasteiger partial charge is 0.350 e. The molecule has 0 aromatic heterocycles. The Morgan fingerprint density at radius 2 is 1.67 bits per heavy atom. The number of anilines is 1. The Kier molecular flexibility index (Phi) is 6.65. The SMILES string of the molecule is CCC[C@H](C)NC(=O)c1ccc(C)c(S(=O)(=O)Nc2ccc(C)c(C)c2)c1. The molecule has 1 atom stereocenters. The van der Waals surface area contributed by atoms with Crippen LogP contribution in [-0.2, 0) is 10.0 Å². The molecule has 146 valence electrons. The molecule has 27 heavy (non-hydrogen) atoms. The highest BCUT2D eigenvalue weighted by Gasteiger charge is 2.20. The van der Waals surface area contributed by atoms with E-state index in [-0.39, 0.29) is 16.8 Å². The Balaban J connectivity index is 2.30. The molecule has 0 heterocycles. The van der Waals surface area contributed by atoms with Gasteiger partial charge in [0.1, 0.15) is 0 Å². The van der Waals surface area contributed by atoms with Crippen molar-refractivity contribution in [3.63, 3.8) is 0 Å².